The van der Waals surface area contributed by atoms with Crippen LogP contribution in [0.15, 0.2) is 53.4 Å². The van der Waals surface area contributed by atoms with Gasteiger partial charge in [0, 0.05) is 17.0 Å². The number of carbonyl (C=O) groups excluding carboxylic acids is 1. The first-order chi connectivity index (χ1) is 12.8. The van der Waals surface area contributed by atoms with Gasteiger partial charge in [0.25, 0.3) is 5.91 Å². The van der Waals surface area contributed by atoms with Crippen molar-refractivity contribution in [2.24, 2.45) is 0 Å². The highest BCUT2D eigenvalue weighted by molar-refractivity contribution is 7.90. The van der Waals surface area contributed by atoms with Gasteiger partial charge in [0.15, 0.2) is 16.4 Å². The number of para-hydroxylation sites is 1. The molecule has 0 atom stereocenters. The largest absolute Gasteiger partial charge is 0.360 e. The number of sulfone groups is 1. The lowest BCUT2D eigenvalue weighted by Crippen LogP contribution is -3.15. The molecule has 0 spiro atoms. The van der Waals surface area contributed by atoms with Crippen molar-refractivity contribution in [3.63, 3.8) is 0 Å². The molecule has 3 rings (SSSR count). The summed E-state index contributed by atoms with van der Waals surface area (Å²) in [4.78, 5) is 16.0. The lowest BCUT2D eigenvalue weighted by Gasteiger charge is -2.33. The Morgan fingerprint density at radius 3 is 2.52 bits per heavy atom. The number of carbonyl (C=O) groups is 1. The highest BCUT2D eigenvalue weighted by Gasteiger charge is 2.23. The minimum Gasteiger partial charge on any atom is -0.360 e. The molecule has 2 aromatic rings. The Bertz CT molecular complexity index is 925. The lowest BCUT2D eigenvalue weighted by molar-refractivity contribution is -0.892. The molecule has 1 aliphatic heterocycles. The molecule has 27 heavy (non-hydrogen) atoms. The van der Waals surface area contributed by atoms with E-state index in [1.807, 2.05) is 24.3 Å². The summed E-state index contributed by atoms with van der Waals surface area (Å²) in [6, 6.07) is 14.2. The Labute approximate surface area is 164 Å². The summed E-state index contributed by atoms with van der Waals surface area (Å²) in [6.45, 7) is 3.63. The van der Waals surface area contributed by atoms with E-state index in [1.165, 1.54) is 11.0 Å². The normalized spacial score (nSPS) is 15.6. The third-order valence-corrected chi connectivity index (χ3v) is 6.01. The van der Waals surface area contributed by atoms with Crippen LogP contribution in [0.4, 0.5) is 11.4 Å². The van der Waals surface area contributed by atoms with Gasteiger partial charge in [-0.05, 0) is 30.3 Å². The maximum Gasteiger partial charge on any atom is 0.279 e. The van der Waals surface area contributed by atoms with Crippen LogP contribution in [0, 0.1) is 0 Å². The van der Waals surface area contributed by atoms with Gasteiger partial charge in [-0.15, -0.1) is 0 Å². The Balaban J connectivity index is 1.56. The van der Waals surface area contributed by atoms with Crippen LogP contribution in [-0.4, -0.2) is 53.3 Å². The molecule has 0 unspecified atom stereocenters. The zero-order valence-electron chi connectivity index (χ0n) is 15.1. The van der Waals surface area contributed by atoms with Crippen molar-refractivity contribution in [1.29, 1.82) is 0 Å². The summed E-state index contributed by atoms with van der Waals surface area (Å²) in [5.41, 5.74) is 1.43. The molecule has 0 bridgehead atoms. The number of hydrogen-bond donors (Lipinski definition) is 2. The standard InChI is InChI=1S/C19H22ClN3O3S/c1-27(25,26)18-8-3-2-7-17(18)21-19(24)14-22-9-11-23(12-10-22)16-6-4-5-15(20)13-16/h2-8,13H,9-12,14H2,1H3,(H,21,24)/p+1. The number of quaternary nitrogens is 1. The van der Waals surface area contributed by atoms with E-state index in [0.29, 0.717) is 17.3 Å². The third-order valence-electron chi connectivity index (χ3n) is 4.62. The molecule has 144 valence electrons. The fraction of sp³-hybridized carbons (Fsp3) is 0.316. The highest BCUT2D eigenvalue weighted by Crippen LogP contribution is 2.20. The molecule has 1 heterocycles. The quantitative estimate of drug-likeness (QED) is 0.776. The maximum absolute atomic E-state index is 12.4. The van der Waals surface area contributed by atoms with Crippen molar-refractivity contribution in [1.82, 2.24) is 0 Å². The van der Waals surface area contributed by atoms with Crippen LogP contribution in [0.5, 0.6) is 0 Å². The first kappa shape index (κ1) is 19.7. The molecule has 1 aliphatic rings. The van der Waals surface area contributed by atoms with Crippen molar-refractivity contribution in [2.45, 2.75) is 4.90 Å². The van der Waals surface area contributed by atoms with Gasteiger partial charge >= 0.3 is 0 Å². The number of nitrogens with zero attached hydrogens (tertiary/aromatic N) is 1. The van der Waals surface area contributed by atoms with Crippen LogP contribution in [-0.2, 0) is 14.6 Å². The summed E-state index contributed by atoms with van der Waals surface area (Å²) in [7, 11) is -3.39. The molecule has 1 amide bonds. The monoisotopic (exact) mass is 408 g/mol. The Morgan fingerprint density at radius 2 is 1.85 bits per heavy atom. The zero-order valence-corrected chi connectivity index (χ0v) is 16.7. The number of halogens is 1. The van der Waals surface area contributed by atoms with Crippen molar-refractivity contribution in [3.05, 3.63) is 53.6 Å². The van der Waals surface area contributed by atoms with E-state index in [0.717, 1.165) is 38.1 Å². The van der Waals surface area contributed by atoms with E-state index in [9.17, 15) is 13.2 Å². The molecule has 0 aliphatic carbocycles. The number of benzene rings is 2. The summed E-state index contributed by atoms with van der Waals surface area (Å²) in [6.07, 6.45) is 1.14. The fourth-order valence-corrected chi connectivity index (χ4v) is 4.27. The Hall–Kier alpha value is -2.09. The summed E-state index contributed by atoms with van der Waals surface area (Å²) < 4.78 is 23.7. The van der Waals surface area contributed by atoms with Gasteiger partial charge in [0.2, 0.25) is 0 Å². The Kier molecular flexibility index (Phi) is 6.04. The average Bonchev–Trinajstić information content (AvgIpc) is 2.62. The Morgan fingerprint density at radius 1 is 1.15 bits per heavy atom. The van der Waals surface area contributed by atoms with Gasteiger partial charge in [-0.2, -0.15) is 0 Å². The lowest BCUT2D eigenvalue weighted by atomic mass is 10.2. The van der Waals surface area contributed by atoms with Gasteiger partial charge in [-0.25, -0.2) is 8.42 Å². The van der Waals surface area contributed by atoms with E-state index >= 15 is 0 Å². The number of amides is 1. The van der Waals surface area contributed by atoms with Crippen LogP contribution in [0.25, 0.3) is 0 Å². The molecule has 2 N–H and O–H groups in total. The maximum atomic E-state index is 12.4. The third kappa shape index (κ3) is 5.22. The predicted octanol–water partition coefficient (Wildman–Crippen LogP) is 1.09. The van der Waals surface area contributed by atoms with Crippen LogP contribution in [0.1, 0.15) is 0 Å². The van der Waals surface area contributed by atoms with Crippen molar-refractivity contribution in [2.75, 3.05) is 49.2 Å². The van der Waals surface area contributed by atoms with E-state index in [1.54, 1.807) is 18.2 Å². The van der Waals surface area contributed by atoms with Crippen molar-refractivity contribution < 1.29 is 18.1 Å². The highest BCUT2D eigenvalue weighted by atomic mass is 35.5. The minimum absolute atomic E-state index is 0.138. The van der Waals surface area contributed by atoms with Gasteiger partial charge in [0.05, 0.1) is 36.8 Å². The molecular weight excluding hydrogens is 386 g/mol. The molecule has 0 saturated carbocycles. The molecule has 0 radical (unpaired) electrons. The molecular formula is C19H23ClN3O3S+. The summed E-state index contributed by atoms with van der Waals surface area (Å²) in [5, 5.41) is 3.46. The second-order valence-corrected chi connectivity index (χ2v) is 9.13. The van der Waals surface area contributed by atoms with Gasteiger partial charge < -0.3 is 15.1 Å². The summed E-state index contributed by atoms with van der Waals surface area (Å²) >= 11 is 6.06. The molecule has 1 saturated heterocycles. The molecule has 8 heteroatoms. The van der Waals surface area contributed by atoms with Gasteiger partial charge in [-0.1, -0.05) is 29.8 Å². The molecule has 1 fully saturated rings. The smallest absolute Gasteiger partial charge is 0.279 e. The first-order valence-electron chi connectivity index (χ1n) is 8.76. The number of hydrogen-bond acceptors (Lipinski definition) is 4. The number of nitrogens with one attached hydrogen (secondary N) is 2. The van der Waals surface area contributed by atoms with Gasteiger partial charge in [0.1, 0.15) is 0 Å². The topological polar surface area (TPSA) is 70.9 Å². The second-order valence-electron chi connectivity index (χ2n) is 6.71. The fourth-order valence-electron chi connectivity index (χ4n) is 3.25. The van der Waals surface area contributed by atoms with Crippen LogP contribution in [0.3, 0.4) is 0 Å². The zero-order chi connectivity index (χ0) is 19.4. The van der Waals surface area contributed by atoms with Crippen LogP contribution >= 0.6 is 11.6 Å². The van der Waals surface area contributed by atoms with Crippen LogP contribution < -0.4 is 15.1 Å². The SMILES string of the molecule is CS(=O)(=O)c1ccccc1NC(=O)C[NH+]1CCN(c2cccc(Cl)c2)CC1. The average molecular weight is 409 g/mol. The molecule has 6 nitrogen and oxygen atoms in total. The van der Waals surface area contributed by atoms with Crippen molar-refractivity contribution >= 4 is 38.7 Å². The summed E-state index contributed by atoms with van der Waals surface area (Å²) in [5.74, 6) is -0.183. The number of piperazine rings is 1. The molecule has 2 aromatic carbocycles. The second kappa shape index (κ2) is 8.29. The first-order valence-corrected chi connectivity index (χ1v) is 11.0. The predicted molar refractivity (Wildman–Crippen MR) is 107 cm³/mol. The van der Waals surface area contributed by atoms with E-state index in [4.69, 9.17) is 11.6 Å². The number of rotatable bonds is 5. The van der Waals surface area contributed by atoms with Crippen LogP contribution in [0.2, 0.25) is 5.02 Å². The van der Waals surface area contributed by atoms with E-state index in [2.05, 4.69) is 10.2 Å². The van der Waals surface area contributed by atoms with Crippen molar-refractivity contribution in [3.8, 4) is 0 Å². The van der Waals surface area contributed by atoms with Gasteiger partial charge in [-0.3, -0.25) is 4.79 Å². The van der Waals surface area contributed by atoms with E-state index < -0.39 is 9.84 Å². The molecule has 0 aromatic heterocycles. The van der Waals surface area contributed by atoms with E-state index in [-0.39, 0.29) is 10.8 Å². The number of anilines is 2. The minimum atomic E-state index is -3.39.